The van der Waals surface area contributed by atoms with Crippen LogP contribution >= 0.6 is 11.6 Å². The summed E-state index contributed by atoms with van der Waals surface area (Å²) in [5, 5.41) is 8.39. The SMILES string of the molecule is COC(=O)c1nc(C(=O)NCc2c(C)cc(N)nc2C)nn1Cc1ccc2ncc(Cl)cc2c1. The Labute approximate surface area is 200 Å². The van der Waals surface area contributed by atoms with E-state index in [0.717, 1.165) is 33.3 Å². The van der Waals surface area contributed by atoms with Crippen LogP contribution in [0.25, 0.3) is 10.9 Å². The number of halogens is 1. The lowest BCUT2D eigenvalue weighted by Crippen LogP contribution is -2.25. The molecule has 0 saturated heterocycles. The van der Waals surface area contributed by atoms with Gasteiger partial charge in [-0.2, -0.15) is 4.98 Å². The van der Waals surface area contributed by atoms with Crippen LogP contribution < -0.4 is 11.1 Å². The molecule has 10 nitrogen and oxygen atoms in total. The van der Waals surface area contributed by atoms with Gasteiger partial charge >= 0.3 is 5.97 Å². The Morgan fingerprint density at radius 3 is 2.71 bits per heavy atom. The van der Waals surface area contributed by atoms with E-state index in [9.17, 15) is 9.59 Å². The lowest BCUT2D eigenvalue weighted by Gasteiger charge is -2.10. The van der Waals surface area contributed by atoms with Gasteiger partial charge in [0.15, 0.2) is 0 Å². The Hall–Kier alpha value is -4.05. The lowest BCUT2D eigenvalue weighted by atomic mass is 10.1. The summed E-state index contributed by atoms with van der Waals surface area (Å²) in [5.41, 5.74) is 9.83. The normalized spacial score (nSPS) is 10.9. The first-order valence-corrected chi connectivity index (χ1v) is 10.7. The number of nitrogen functional groups attached to an aromatic ring is 1. The molecule has 3 N–H and O–H groups in total. The summed E-state index contributed by atoms with van der Waals surface area (Å²) < 4.78 is 6.16. The Bertz CT molecular complexity index is 1390. The summed E-state index contributed by atoms with van der Waals surface area (Å²) in [6.07, 6.45) is 1.57. The van der Waals surface area contributed by atoms with Gasteiger partial charge in [0.25, 0.3) is 5.91 Å². The summed E-state index contributed by atoms with van der Waals surface area (Å²) in [7, 11) is 1.24. The molecule has 1 amide bonds. The summed E-state index contributed by atoms with van der Waals surface area (Å²) >= 11 is 6.05. The topological polar surface area (TPSA) is 138 Å². The van der Waals surface area contributed by atoms with Crippen LogP contribution in [0, 0.1) is 13.8 Å². The molecule has 0 aliphatic rings. The van der Waals surface area contributed by atoms with Gasteiger partial charge in [-0.3, -0.25) is 9.78 Å². The number of nitrogens with zero attached hydrogens (tertiary/aromatic N) is 5. The molecule has 0 atom stereocenters. The van der Waals surface area contributed by atoms with Gasteiger partial charge in [0, 0.05) is 23.8 Å². The van der Waals surface area contributed by atoms with Gasteiger partial charge < -0.3 is 15.8 Å². The van der Waals surface area contributed by atoms with Gasteiger partial charge in [-0.25, -0.2) is 14.5 Å². The van der Waals surface area contributed by atoms with Crippen molar-refractivity contribution in [2.45, 2.75) is 26.9 Å². The number of hydrogen-bond donors (Lipinski definition) is 2. The van der Waals surface area contributed by atoms with Crippen LogP contribution in [-0.2, 0) is 17.8 Å². The Kier molecular flexibility index (Phi) is 6.42. The molecule has 174 valence electrons. The summed E-state index contributed by atoms with van der Waals surface area (Å²) in [6.45, 7) is 4.11. The number of methoxy groups -OCH3 is 1. The third-order valence-corrected chi connectivity index (χ3v) is 5.49. The van der Waals surface area contributed by atoms with Crippen molar-refractivity contribution in [2.75, 3.05) is 12.8 Å². The number of anilines is 1. The number of nitrogens with two attached hydrogens (primary N) is 1. The molecule has 34 heavy (non-hydrogen) atoms. The van der Waals surface area contributed by atoms with Crippen molar-refractivity contribution >= 4 is 40.2 Å². The van der Waals surface area contributed by atoms with Crippen LogP contribution in [0.3, 0.4) is 0 Å². The second-order valence-electron chi connectivity index (χ2n) is 7.70. The van der Waals surface area contributed by atoms with Crippen LogP contribution in [-0.4, -0.2) is 43.7 Å². The highest BCUT2D eigenvalue weighted by molar-refractivity contribution is 6.31. The maximum absolute atomic E-state index is 12.8. The fourth-order valence-corrected chi connectivity index (χ4v) is 3.79. The fourth-order valence-electron chi connectivity index (χ4n) is 3.62. The molecule has 0 bridgehead atoms. The number of pyridine rings is 2. The van der Waals surface area contributed by atoms with Crippen LogP contribution in [0.4, 0.5) is 5.82 Å². The number of amides is 1. The largest absolute Gasteiger partial charge is 0.463 e. The van der Waals surface area contributed by atoms with E-state index in [-0.39, 0.29) is 24.7 Å². The zero-order valence-electron chi connectivity index (χ0n) is 18.8. The summed E-state index contributed by atoms with van der Waals surface area (Å²) in [6, 6.07) is 9.12. The molecule has 0 saturated carbocycles. The van der Waals surface area contributed by atoms with E-state index in [2.05, 4.69) is 25.4 Å². The predicted octanol–water partition coefficient (Wildman–Crippen LogP) is 2.84. The predicted molar refractivity (Wildman–Crippen MR) is 127 cm³/mol. The molecule has 11 heteroatoms. The minimum absolute atomic E-state index is 0.0847. The highest BCUT2D eigenvalue weighted by atomic mass is 35.5. The summed E-state index contributed by atoms with van der Waals surface area (Å²) in [5.74, 6) is -1.05. The molecule has 0 aliphatic carbocycles. The minimum Gasteiger partial charge on any atom is -0.463 e. The molecule has 0 unspecified atom stereocenters. The maximum Gasteiger partial charge on any atom is 0.375 e. The average Bonchev–Trinajstić information content (AvgIpc) is 3.21. The third-order valence-electron chi connectivity index (χ3n) is 5.29. The monoisotopic (exact) mass is 479 g/mol. The molecule has 0 aliphatic heterocycles. The Morgan fingerprint density at radius 2 is 1.97 bits per heavy atom. The van der Waals surface area contributed by atoms with Gasteiger partial charge in [0.1, 0.15) is 5.82 Å². The second-order valence-corrected chi connectivity index (χ2v) is 8.14. The molecule has 1 aromatic carbocycles. The number of carbonyl (C=O) groups is 2. The number of carbonyl (C=O) groups excluding carboxylic acids is 2. The van der Waals surface area contributed by atoms with E-state index >= 15 is 0 Å². The van der Waals surface area contributed by atoms with E-state index < -0.39 is 11.9 Å². The van der Waals surface area contributed by atoms with E-state index in [0.29, 0.717) is 10.8 Å². The first kappa shape index (κ1) is 23.1. The molecule has 4 aromatic rings. The highest BCUT2D eigenvalue weighted by Gasteiger charge is 2.22. The number of ether oxygens (including phenoxy) is 1. The third kappa shape index (κ3) is 4.81. The molecular weight excluding hydrogens is 458 g/mol. The molecule has 3 aromatic heterocycles. The minimum atomic E-state index is -0.702. The van der Waals surface area contributed by atoms with Crippen LogP contribution in [0.15, 0.2) is 36.5 Å². The van der Waals surface area contributed by atoms with Crippen LogP contribution in [0.1, 0.15) is 43.6 Å². The standard InChI is InChI=1S/C23H22ClN7O3/c1-12-6-19(25)28-13(2)17(12)10-27-22(32)20-29-21(23(33)34-3)31(30-20)11-14-4-5-18-15(7-14)8-16(24)9-26-18/h4-9H,10-11H2,1-3H3,(H2,25,28)(H,27,32). The molecule has 0 fully saturated rings. The van der Waals surface area contributed by atoms with Crippen molar-refractivity contribution in [1.29, 1.82) is 0 Å². The lowest BCUT2D eigenvalue weighted by molar-refractivity contribution is 0.0580. The zero-order valence-corrected chi connectivity index (χ0v) is 19.6. The number of hydrogen-bond acceptors (Lipinski definition) is 8. The van der Waals surface area contributed by atoms with Crippen molar-refractivity contribution in [3.05, 3.63) is 75.6 Å². The number of fused-ring (bicyclic) bond motifs is 1. The first-order valence-electron chi connectivity index (χ1n) is 10.3. The van der Waals surface area contributed by atoms with Crippen molar-refractivity contribution in [2.24, 2.45) is 0 Å². The van der Waals surface area contributed by atoms with Crippen molar-refractivity contribution in [3.63, 3.8) is 0 Å². The Morgan fingerprint density at radius 1 is 1.18 bits per heavy atom. The van der Waals surface area contributed by atoms with Gasteiger partial charge in [-0.15, -0.1) is 5.10 Å². The van der Waals surface area contributed by atoms with Gasteiger partial charge in [0.2, 0.25) is 11.6 Å². The molecule has 3 heterocycles. The number of rotatable bonds is 6. The average molecular weight is 480 g/mol. The van der Waals surface area contributed by atoms with Gasteiger partial charge in [-0.1, -0.05) is 17.7 Å². The van der Waals surface area contributed by atoms with Crippen LogP contribution in [0.5, 0.6) is 0 Å². The maximum atomic E-state index is 12.8. The van der Waals surface area contributed by atoms with E-state index in [1.54, 1.807) is 18.3 Å². The molecule has 4 rings (SSSR count). The molecular formula is C23H22ClN7O3. The number of esters is 1. The van der Waals surface area contributed by atoms with Crippen molar-refractivity contribution in [3.8, 4) is 0 Å². The number of benzene rings is 1. The first-order chi connectivity index (χ1) is 16.2. The fraction of sp³-hybridized carbons (Fsp3) is 0.217. The van der Waals surface area contributed by atoms with E-state index in [4.69, 9.17) is 22.1 Å². The smallest absolute Gasteiger partial charge is 0.375 e. The zero-order chi connectivity index (χ0) is 24.4. The number of nitrogens with one attached hydrogen (secondary N) is 1. The van der Waals surface area contributed by atoms with Gasteiger partial charge in [-0.05, 0) is 54.8 Å². The molecule has 0 radical (unpaired) electrons. The van der Waals surface area contributed by atoms with E-state index in [1.165, 1.54) is 11.8 Å². The number of aryl methyl sites for hydroxylation is 2. The Balaban J connectivity index is 1.58. The quantitative estimate of drug-likeness (QED) is 0.402. The second kappa shape index (κ2) is 9.44. The van der Waals surface area contributed by atoms with Gasteiger partial charge in [0.05, 0.1) is 24.2 Å². The number of aromatic nitrogens is 5. The van der Waals surface area contributed by atoms with E-state index in [1.807, 2.05) is 32.0 Å². The van der Waals surface area contributed by atoms with Crippen LogP contribution in [0.2, 0.25) is 5.02 Å². The van der Waals surface area contributed by atoms with Crippen molar-refractivity contribution in [1.82, 2.24) is 30.0 Å². The van der Waals surface area contributed by atoms with Crippen molar-refractivity contribution < 1.29 is 14.3 Å². The highest BCUT2D eigenvalue weighted by Crippen LogP contribution is 2.19. The molecule has 0 spiro atoms. The summed E-state index contributed by atoms with van der Waals surface area (Å²) in [4.78, 5) is 37.7.